The van der Waals surface area contributed by atoms with Crippen LogP contribution in [0.1, 0.15) is 6.92 Å². The van der Waals surface area contributed by atoms with Gasteiger partial charge in [0.1, 0.15) is 0 Å². The van der Waals surface area contributed by atoms with Crippen molar-refractivity contribution in [3.05, 3.63) is 28.7 Å². The molecule has 0 aliphatic rings. The maximum absolute atomic E-state index is 10.9. The van der Waals surface area contributed by atoms with Crippen molar-refractivity contribution in [3.8, 4) is 0 Å². The van der Waals surface area contributed by atoms with Crippen LogP contribution in [0.2, 0.25) is 0 Å². The summed E-state index contributed by atoms with van der Waals surface area (Å²) >= 11 is 3.74. The standard InChI is InChI=1S/C10H8BrNOSe/c1-6(13)12-10-9(11)7-4-2-3-5-8(7)14-10/h2-5H,1H3,(H,12,13). The second-order valence-corrected chi connectivity index (χ2v) is 5.92. The predicted octanol–water partition coefficient (Wildman–Crippen LogP) is 2.62. The number of fused-ring (bicyclic) bond motifs is 1. The fourth-order valence-electron chi connectivity index (χ4n) is 1.25. The van der Waals surface area contributed by atoms with E-state index in [2.05, 4.69) is 33.4 Å². The Bertz CT molecular complexity index is 492. The molecule has 0 aliphatic heterocycles. The molecular weight excluding hydrogens is 309 g/mol. The fourth-order valence-corrected chi connectivity index (χ4v) is 4.60. The molecular formula is C10H8BrNOSe. The Kier molecular flexibility index (Phi) is 2.77. The van der Waals surface area contributed by atoms with Crippen LogP contribution in [-0.2, 0) is 4.79 Å². The first-order valence-corrected chi connectivity index (χ1v) is 6.63. The van der Waals surface area contributed by atoms with Crippen LogP contribution < -0.4 is 5.32 Å². The molecule has 0 unspecified atom stereocenters. The summed E-state index contributed by atoms with van der Waals surface area (Å²) in [4.78, 5) is 10.9. The van der Waals surface area contributed by atoms with Crippen LogP contribution in [0.3, 0.4) is 0 Å². The second kappa shape index (κ2) is 3.89. The first-order valence-electron chi connectivity index (χ1n) is 4.13. The van der Waals surface area contributed by atoms with E-state index in [4.69, 9.17) is 0 Å². The summed E-state index contributed by atoms with van der Waals surface area (Å²) in [6.07, 6.45) is 0. The molecule has 0 aliphatic carbocycles. The van der Waals surface area contributed by atoms with Crippen molar-refractivity contribution >= 4 is 50.5 Å². The summed E-state index contributed by atoms with van der Waals surface area (Å²) < 4.78 is 3.37. The van der Waals surface area contributed by atoms with Crippen LogP contribution in [0, 0.1) is 0 Å². The van der Waals surface area contributed by atoms with E-state index in [-0.39, 0.29) is 20.4 Å². The topological polar surface area (TPSA) is 29.1 Å². The third kappa shape index (κ3) is 1.78. The molecule has 0 saturated heterocycles. The van der Waals surface area contributed by atoms with E-state index in [0.29, 0.717) is 0 Å². The van der Waals surface area contributed by atoms with E-state index in [1.54, 1.807) is 0 Å². The number of halogens is 1. The third-order valence-corrected chi connectivity index (χ3v) is 5.52. The van der Waals surface area contributed by atoms with E-state index in [1.165, 1.54) is 16.6 Å². The molecule has 0 radical (unpaired) electrons. The molecule has 1 N–H and O–H groups in total. The molecule has 2 rings (SSSR count). The van der Waals surface area contributed by atoms with Crippen molar-refractivity contribution in [2.75, 3.05) is 5.32 Å². The Labute approximate surface area is 96.2 Å². The molecule has 0 fully saturated rings. The zero-order valence-electron chi connectivity index (χ0n) is 7.50. The van der Waals surface area contributed by atoms with Gasteiger partial charge in [0.15, 0.2) is 0 Å². The number of hydrogen-bond acceptors (Lipinski definition) is 1. The van der Waals surface area contributed by atoms with Gasteiger partial charge in [0, 0.05) is 0 Å². The molecule has 1 aromatic heterocycles. The Hall–Kier alpha value is -0.571. The monoisotopic (exact) mass is 317 g/mol. The van der Waals surface area contributed by atoms with Crippen molar-refractivity contribution in [2.24, 2.45) is 0 Å². The summed E-state index contributed by atoms with van der Waals surface area (Å²) in [6.45, 7) is 1.53. The van der Waals surface area contributed by atoms with Gasteiger partial charge in [0.25, 0.3) is 0 Å². The van der Waals surface area contributed by atoms with Gasteiger partial charge in [-0.2, -0.15) is 0 Å². The van der Waals surface area contributed by atoms with Gasteiger partial charge in [-0.25, -0.2) is 0 Å². The number of nitrogens with one attached hydrogen (secondary N) is 1. The number of carbonyl (C=O) groups excluding carboxylic acids is 1. The van der Waals surface area contributed by atoms with Crippen LogP contribution in [0.5, 0.6) is 0 Å². The summed E-state index contributed by atoms with van der Waals surface area (Å²) in [5, 5.41) is 4.06. The molecule has 1 amide bonds. The molecule has 1 aromatic carbocycles. The van der Waals surface area contributed by atoms with Gasteiger partial charge in [-0.3, -0.25) is 0 Å². The van der Waals surface area contributed by atoms with E-state index < -0.39 is 0 Å². The van der Waals surface area contributed by atoms with E-state index in [0.717, 1.165) is 9.03 Å². The number of anilines is 1. The van der Waals surface area contributed by atoms with Gasteiger partial charge in [-0.05, 0) is 0 Å². The SMILES string of the molecule is CC(=O)Nc1[se]c2ccccc2c1Br. The zero-order valence-corrected chi connectivity index (χ0v) is 10.8. The van der Waals surface area contributed by atoms with Crippen molar-refractivity contribution in [1.82, 2.24) is 0 Å². The van der Waals surface area contributed by atoms with Gasteiger partial charge >= 0.3 is 96.3 Å². The predicted molar refractivity (Wildman–Crippen MR) is 62.9 cm³/mol. The zero-order chi connectivity index (χ0) is 10.1. The van der Waals surface area contributed by atoms with Crippen molar-refractivity contribution in [1.29, 1.82) is 0 Å². The Morgan fingerprint density at radius 3 is 2.79 bits per heavy atom. The van der Waals surface area contributed by atoms with Gasteiger partial charge in [0.2, 0.25) is 0 Å². The number of carbonyl (C=O) groups is 1. The minimum atomic E-state index is -0.00775. The van der Waals surface area contributed by atoms with Crippen LogP contribution in [0.25, 0.3) is 9.65 Å². The molecule has 72 valence electrons. The van der Waals surface area contributed by atoms with Gasteiger partial charge in [-0.15, -0.1) is 0 Å². The van der Waals surface area contributed by atoms with E-state index in [9.17, 15) is 4.79 Å². The molecule has 1 heterocycles. The molecule has 2 aromatic rings. The number of hydrogen-bond donors (Lipinski definition) is 1. The quantitative estimate of drug-likeness (QED) is 0.805. The van der Waals surface area contributed by atoms with Crippen molar-refractivity contribution in [2.45, 2.75) is 6.92 Å². The van der Waals surface area contributed by atoms with Gasteiger partial charge in [0.05, 0.1) is 0 Å². The van der Waals surface area contributed by atoms with Crippen molar-refractivity contribution in [3.63, 3.8) is 0 Å². The number of benzene rings is 1. The second-order valence-electron chi connectivity index (χ2n) is 2.92. The van der Waals surface area contributed by atoms with Crippen LogP contribution in [0.15, 0.2) is 28.7 Å². The summed E-state index contributed by atoms with van der Waals surface area (Å²) in [5.74, 6) is -0.00775. The fraction of sp³-hybridized carbons (Fsp3) is 0.100. The molecule has 0 spiro atoms. The third-order valence-electron chi connectivity index (χ3n) is 1.82. The first-order chi connectivity index (χ1) is 6.68. The molecule has 2 nitrogen and oxygen atoms in total. The summed E-state index contributed by atoms with van der Waals surface area (Å²) in [7, 11) is 0. The Balaban J connectivity index is 2.57. The van der Waals surface area contributed by atoms with Crippen LogP contribution >= 0.6 is 15.9 Å². The average Bonchev–Trinajstić information content (AvgIpc) is 2.44. The van der Waals surface area contributed by atoms with Crippen LogP contribution in [0.4, 0.5) is 4.56 Å². The molecule has 0 atom stereocenters. The van der Waals surface area contributed by atoms with Crippen LogP contribution in [-0.4, -0.2) is 20.4 Å². The number of amides is 1. The molecule has 0 bridgehead atoms. The average molecular weight is 317 g/mol. The van der Waals surface area contributed by atoms with Gasteiger partial charge in [-0.1, -0.05) is 0 Å². The van der Waals surface area contributed by atoms with E-state index >= 15 is 0 Å². The maximum atomic E-state index is 10.9. The summed E-state index contributed by atoms with van der Waals surface area (Å²) in [6, 6.07) is 8.20. The van der Waals surface area contributed by atoms with Gasteiger partial charge < -0.3 is 0 Å². The normalized spacial score (nSPS) is 10.4. The molecule has 4 heteroatoms. The minimum absolute atomic E-state index is 0.00775. The van der Waals surface area contributed by atoms with E-state index in [1.807, 2.05) is 12.1 Å². The number of rotatable bonds is 1. The molecule has 14 heavy (non-hydrogen) atoms. The summed E-state index contributed by atoms with van der Waals surface area (Å²) in [5.41, 5.74) is 0. The Morgan fingerprint density at radius 2 is 2.14 bits per heavy atom. The Morgan fingerprint density at radius 1 is 1.43 bits per heavy atom. The first kappa shape index (κ1) is 9.96. The van der Waals surface area contributed by atoms with Crippen molar-refractivity contribution < 1.29 is 4.79 Å². The molecule has 0 saturated carbocycles.